The number of rotatable bonds is 18. The second-order valence-electron chi connectivity index (χ2n) is 31.1. The van der Waals surface area contributed by atoms with Crippen molar-refractivity contribution >= 4 is 50.1 Å². The third-order valence-corrected chi connectivity index (χ3v) is 33.7. The molecule has 1 N–H and O–H groups in total. The van der Waals surface area contributed by atoms with E-state index in [1.165, 1.54) is 64.0 Å². The Hall–Kier alpha value is -0.516. The molecule has 0 amide bonds. The van der Waals surface area contributed by atoms with Gasteiger partial charge in [-0.2, -0.15) is 8.42 Å². The van der Waals surface area contributed by atoms with Crippen LogP contribution in [0.15, 0.2) is 53.6 Å². The topological polar surface area (TPSA) is 118 Å². The molecule has 0 spiro atoms. The van der Waals surface area contributed by atoms with Crippen LogP contribution in [0.4, 0.5) is 0 Å². The number of hydrogen-bond donors (Lipinski definition) is 1. The van der Waals surface area contributed by atoms with Gasteiger partial charge < -0.3 is 24.9 Å². The van der Waals surface area contributed by atoms with Gasteiger partial charge in [0.2, 0.25) is 0 Å². The monoisotopic (exact) mass is 1200 g/mol. The Balaban J connectivity index is 0.000000333. The quantitative estimate of drug-likeness (QED) is 0.0663. The molecular weight excluding hydrogens is 1080 g/mol. The Morgan fingerprint density at radius 3 is 1.74 bits per heavy atom. The van der Waals surface area contributed by atoms with Crippen LogP contribution < -0.4 is 18.9 Å². The first kappa shape index (κ1) is 72.2. The molecule has 9 nitrogen and oxygen atoms in total. The first-order valence-corrected chi connectivity index (χ1v) is 39.8. The summed E-state index contributed by atoms with van der Waals surface area (Å²) >= 11 is 0. The van der Waals surface area contributed by atoms with Crippen molar-refractivity contribution in [2.75, 3.05) is 32.7 Å². The minimum absolute atomic E-state index is 0. The van der Waals surface area contributed by atoms with Gasteiger partial charge >= 0.3 is 24.8 Å². The molecule has 8 saturated carbocycles. The molecule has 0 bridgehead atoms. The molecule has 0 aromatic heterocycles. The van der Waals surface area contributed by atoms with Gasteiger partial charge in [-0.3, -0.25) is 4.18 Å². The molecule has 464 valence electrons. The van der Waals surface area contributed by atoms with Crippen LogP contribution in [0.1, 0.15) is 205 Å². The van der Waals surface area contributed by atoms with Crippen molar-refractivity contribution in [2.45, 2.75) is 248 Å². The van der Waals surface area contributed by atoms with Crippen LogP contribution in [-0.2, 0) is 32.6 Å². The fraction of sp³-hybridized carbons (Fsp3) is 0.838. The first-order valence-electron chi connectivity index (χ1n) is 32.2. The predicted molar refractivity (Wildman–Crippen MR) is 345 cm³/mol. The molecule has 0 saturated heterocycles. The van der Waals surface area contributed by atoms with Crippen molar-refractivity contribution in [3.63, 3.8) is 0 Å². The van der Waals surface area contributed by atoms with Crippen LogP contribution in [0.3, 0.4) is 0 Å². The molecule has 0 aliphatic heterocycles. The maximum Gasteiger partial charge on any atom is 1.00 e. The van der Waals surface area contributed by atoms with Gasteiger partial charge in [0.05, 0.1) is 24.5 Å². The molecule has 1 aromatic rings. The van der Waals surface area contributed by atoms with Gasteiger partial charge in [0.15, 0.2) is 34.0 Å². The predicted octanol–water partition coefficient (Wildman–Crippen LogP) is 13.0. The van der Waals surface area contributed by atoms with Crippen molar-refractivity contribution in [3.8, 4) is 0 Å². The van der Waals surface area contributed by atoms with Crippen molar-refractivity contribution in [3.05, 3.63) is 59.2 Å². The zero-order chi connectivity index (χ0) is 59.2. The summed E-state index contributed by atoms with van der Waals surface area (Å²) in [5, 5.41) is 10.2. The van der Waals surface area contributed by atoms with Crippen LogP contribution in [0.25, 0.3) is 0 Å². The van der Waals surface area contributed by atoms with E-state index < -0.39 is 32.9 Å². The molecular formula is C68H120AlLiO9SSi2. The molecule has 14 heteroatoms. The van der Waals surface area contributed by atoms with Gasteiger partial charge in [-0.15, -0.1) is 0 Å². The second kappa shape index (κ2) is 27.7. The fourth-order valence-electron chi connectivity index (χ4n) is 17.5. The molecule has 8 fully saturated rings. The summed E-state index contributed by atoms with van der Waals surface area (Å²) < 4.78 is 55.5. The average Bonchev–Trinajstić information content (AvgIpc) is 4.26. The van der Waals surface area contributed by atoms with Gasteiger partial charge in [0.1, 0.15) is 6.10 Å². The van der Waals surface area contributed by atoms with Crippen molar-refractivity contribution in [2.24, 2.45) is 80.8 Å². The van der Waals surface area contributed by atoms with Crippen LogP contribution >= 0.6 is 0 Å². The Bertz CT molecular complexity index is 2450. The fourth-order valence-corrected chi connectivity index (χ4v) is 20.9. The molecule has 8 aliphatic carbocycles. The largest absolute Gasteiger partial charge is 1.00 e. The number of aliphatic hydroxyl groups is 1. The van der Waals surface area contributed by atoms with E-state index in [9.17, 15) is 18.3 Å². The van der Waals surface area contributed by atoms with Gasteiger partial charge in [0, 0.05) is 31.3 Å². The number of benzene rings is 1. The third kappa shape index (κ3) is 15.4. The molecule has 3 unspecified atom stereocenters. The Kier molecular flexibility index (Phi) is 24.4. The van der Waals surface area contributed by atoms with E-state index in [1.807, 2.05) is 32.0 Å². The SMILES string of the molecule is CCOCC.C[C@H](CO)[C@H]1CC[C@H]2/C(=C/[C@@H](C)[C@]34CC3C[C@H](O[Si](C)(C)C(C)(C)C)C4)CCC[C@]12C.C[C@H](COC(=O)c1ccccc1)[C@H]1CC[C@H]2/C(=C/[C@@H](C)[C@]34CC3C[C@H](O[Si](C)(C)C(C)(C)C)C4OS(C)(=O)=O)CCC[C@]12C.[AlH3].[H-].[Li+]. The maximum atomic E-state index is 12.6. The smallest absolute Gasteiger partial charge is 1.00 e. The van der Waals surface area contributed by atoms with Gasteiger partial charge in [-0.25, -0.2) is 4.79 Å². The van der Waals surface area contributed by atoms with Crippen molar-refractivity contribution in [1.29, 1.82) is 0 Å². The summed E-state index contributed by atoms with van der Waals surface area (Å²) in [4.78, 5) is 12.6. The second-order valence-corrected chi connectivity index (χ2v) is 42.2. The molecule has 17 atom stereocenters. The third-order valence-electron chi connectivity index (χ3n) is 24.1. The molecule has 0 radical (unpaired) electrons. The minimum atomic E-state index is -3.63. The van der Waals surface area contributed by atoms with Crippen LogP contribution in [0.2, 0.25) is 36.3 Å². The number of carbonyl (C=O) groups excluding carboxylic acids is 1. The number of fused-ring (bicyclic) bond motifs is 4. The number of hydrogen-bond acceptors (Lipinski definition) is 9. The van der Waals surface area contributed by atoms with Crippen molar-refractivity contribution in [1.82, 2.24) is 0 Å². The summed E-state index contributed by atoms with van der Waals surface area (Å²) in [5.41, 5.74) is 4.87. The van der Waals surface area contributed by atoms with E-state index in [-0.39, 0.29) is 77.4 Å². The number of allylic oxidation sites excluding steroid dienone is 4. The Labute approximate surface area is 528 Å². The van der Waals surface area contributed by atoms with Crippen LogP contribution in [0, 0.1) is 80.8 Å². The Morgan fingerprint density at radius 1 is 0.744 bits per heavy atom. The normalized spacial score (nSPS) is 36.3. The summed E-state index contributed by atoms with van der Waals surface area (Å²) in [6.07, 6.45) is 24.7. The van der Waals surface area contributed by atoms with Gasteiger partial charge in [0.25, 0.3) is 10.1 Å². The number of ether oxygens (including phenoxy) is 2. The summed E-state index contributed by atoms with van der Waals surface area (Å²) in [6, 6.07) is 9.25. The summed E-state index contributed by atoms with van der Waals surface area (Å²) in [5.74, 6) is 5.20. The average molecular weight is 1200 g/mol. The summed E-state index contributed by atoms with van der Waals surface area (Å²) in [6.45, 7) is 43.9. The standard InChI is InChI=1S/C36H56O6SSi.C28H50O2Si.C4H10O.Al.Li.4H/c1-24(23-40-33(37)26-14-11-10-12-15-26)29-17-18-30-27(16-13-19-35(29,30)6)20-25(2)36-22-28(36)21-31(32(36)41-43(7,38)39)42-44(8,9)34(3,4)5;1-19(18-29)24-11-12-25-21(10-9-13-27(24,25)6)14-20(2)28-16-22(28)15-23(17-28)30-31(7,8)26(3,4)5;1-3-5-4-2;;;;;;/h10-12,14-15,20,24-25,28-32H,13,16-19,21-23H2,1-9H3;14,19-20,22-25,29H,9-13,15-18H2,1-8H3;3-4H2,1-2H3;;;;;;/q;;;;+1;;;;-1/b27-20+;21-14+;;;;;;;/t24-,25-,28?,29-,30+,31+,32?,35-,36-;19-,20-,22?,23+,24-,25+,27-,28-;;;;;;;/m11......./s1. The molecule has 1 aromatic carbocycles. The molecule has 0 heterocycles. The van der Waals surface area contributed by atoms with Crippen LogP contribution in [-0.4, -0.2) is 104 Å². The van der Waals surface area contributed by atoms with Crippen LogP contribution in [0.5, 0.6) is 0 Å². The summed E-state index contributed by atoms with van der Waals surface area (Å²) in [7, 11) is -7.42. The van der Waals surface area contributed by atoms with Gasteiger partial charge in [-0.1, -0.05) is 125 Å². The maximum absolute atomic E-state index is 12.6. The van der Waals surface area contributed by atoms with E-state index >= 15 is 0 Å². The first-order chi connectivity index (χ1) is 37.1. The number of carbonyl (C=O) groups is 1. The zero-order valence-electron chi connectivity index (χ0n) is 56.1. The molecule has 9 rings (SSSR count). The molecule has 82 heavy (non-hydrogen) atoms. The number of aliphatic hydroxyl groups excluding tert-OH is 1. The Morgan fingerprint density at radius 2 is 1.26 bits per heavy atom. The minimum Gasteiger partial charge on any atom is -1.00 e. The van der Waals surface area contributed by atoms with E-state index in [0.29, 0.717) is 76.3 Å². The zero-order valence-corrected chi connectivity index (χ0v) is 57.9. The van der Waals surface area contributed by atoms with E-state index in [1.54, 1.807) is 23.3 Å². The molecule has 8 aliphatic rings. The van der Waals surface area contributed by atoms with Crippen molar-refractivity contribution < 1.29 is 61.1 Å². The number of esters is 1. The van der Waals surface area contributed by atoms with E-state index in [4.69, 9.17) is 22.5 Å². The van der Waals surface area contributed by atoms with Gasteiger partial charge in [-0.05, 0) is 234 Å². The van der Waals surface area contributed by atoms with E-state index in [0.717, 1.165) is 63.6 Å². The van der Waals surface area contributed by atoms with E-state index in [2.05, 4.69) is 121 Å².